The molecule has 8 heteroatoms. The minimum Gasteiger partial charge on any atom is -0.484 e. The number of hydrogen-bond acceptors (Lipinski definition) is 6. The van der Waals surface area contributed by atoms with Gasteiger partial charge >= 0.3 is 0 Å². The second kappa shape index (κ2) is 11.3. The lowest BCUT2D eigenvalue weighted by Gasteiger charge is -2.36. The Labute approximate surface area is 237 Å². The summed E-state index contributed by atoms with van der Waals surface area (Å²) < 4.78 is 5.71. The summed E-state index contributed by atoms with van der Waals surface area (Å²) in [6.45, 7) is 0.617. The van der Waals surface area contributed by atoms with Crippen LogP contribution in [-0.2, 0) is 16.1 Å². The molecule has 8 nitrogen and oxygen atoms in total. The van der Waals surface area contributed by atoms with Crippen LogP contribution < -0.4 is 26.4 Å². The van der Waals surface area contributed by atoms with E-state index in [2.05, 4.69) is 39.1 Å². The van der Waals surface area contributed by atoms with Crippen molar-refractivity contribution in [2.45, 2.75) is 24.5 Å². The van der Waals surface area contributed by atoms with Gasteiger partial charge in [-0.15, -0.1) is 0 Å². The zero-order chi connectivity index (χ0) is 28.2. The van der Waals surface area contributed by atoms with Crippen molar-refractivity contribution >= 4 is 39.2 Å². The number of carbonyl (C=O) groups is 2. The van der Waals surface area contributed by atoms with E-state index in [4.69, 9.17) is 10.5 Å². The average Bonchev–Trinajstić information content (AvgIpc) is 3.43. The molecule has 1 aromatic heterocycles. The van der Waals surface area contributed by atoms with Crippen molar-refractivity contribution in [3.05, 3.63) is 114 Å². The molecule has 0 radical (unpaired) electrons. The van der Waals surface area contributed by atoms with E-state index in [-0.39, 0.29) is 25.0 Å². The highest BCUT2D eigenvalue weighted by Gasteiger charge is 2.51. The molecule has 2 amide bonds. The molecule has 0 saturated carbocycles. The summed E-state index contributed by atoms with van der Waals surface area (Å²) in [7, 11) is 0. The van der Waals surface area contributed by atoms with Crippen molar-refractivity contribution in [2.75, 3.05) is 18.9 Å². The molecule has 1 saturated heterocycles. The Kier molecular flexibility index (Phi) is 7.22. The minimum atomic E-state index is -1.37. The summed E-state index contributed by atoms with van der Waals surface area (Å²) in [5.41, 5.74) is 6.55. The van der Waals surface area contributed by atoms with Crippen molar-refractivity contribution in [2.24, 2.45) is 0 Å². The van der Waals surface area contributed by atoms with Crippen LogP contribution in [-0.4, -0.2) is 35.6 Å². The van der Waals surface area contributed by atoms with Crippen molar-refractivity contribution in [3.63, 3.8) is 0 Å². The summed E-state index contributed by atoms with van der Waals surface area (Å²) in [6.07, 6.45) is 2.34. The Morgan fingerprint density at radius 1 is 0.927 bits per heavy atom. The molecule has 5 N–H and O–H groups in total. The van der Waals surface area contributed by atoms with E-state index in [0.29, 0.717) is 24.5 Å². The van der Waals surface area contributed by atoms with Crippen LogP contribution in [0.4, 0.5) is 5.82 Å². The minimum absolute atomic E-state index is 0.219. The van der Waals surface area contributed by atoms with Gasteiger partial charge in [-0.25, -0.2) is 4.98 Å². The monoisotopic (exact) mass is 545 g/mol. The first-order valence-corrected chi connectivity index (χ1v) is 13.7. The number of carbonyl (C=O) groups excluding carboxylic acids is 2. The Hall–Kier alpha value is -4.95. The molecule has 4 aromatic carbocycles. The van der Waals surface area contributed by atoms with Crippen LogP contribution in [0.1, 0.15) is 23.5 Å². The molecule has 1 aliphatic heterocycles. The summed E-state index contributed by atoms with van der Waals surface area (Å²) in [4.78, 5) is 31.6. The Morgan fingerprint density at radius 2 is 1.73 bits per heavy atom. The number of nitrogens with zero attached hydrogens (tertiary/aromatic N) is 1. The summed E-state index contributed by atoms with van der Waals surface area (Å²) >= 11 is 0. The molecule has 5 aromatic rings. The fraction of sp³-hybridized carbons (Fsp3) is 0.182. The van der Waals surface area contributed by atoms with Crippen LogP contribution in [0.2, 0.25) is 0 Å². The third-order valence-electron chi connectivity index (χ3n) is 7.68. The second-order valence-electron chi connectivity index (χ2n) is 10.2. The van der Waals surface area contributed by atoms with E-state index in [1.165, 1.54) is 0 Å². The molecule has 2 heterocycles. The number of nitrogens with two attached hydrogens (primary N) is 1. The van der Waals surface area contributed by atoms with Gasteiger partial charge in [0.2, 0.25) is 0 Å². The summed E-state index contributed by atoms with van der Waals surface area (Å²) in [5.74, 6) is 0.0354. The van der Waals surface area contributed by atoms with E-state index >= 15 is 0 Å². The van der Waals surface area contributed by atoms with Gasteiger partial charge in [0.05, 0.1) is 0 Å². The summed E-state index contributed by atoms with van der Waals surface area (Å²) in [5, 5.41) is 13.4. The standard InChI is InChI=1S/C33H31N5O3/c34-31-27-14-13-22(19-24(27)15-17-35-31)20-36-32(40)33(38-30(39)21-41-25-9-2-1-3-10-25)29(16-18-37-33)28-12-6-8-23-7-4-5-11-26(23)28/h1-15,17,19,29,37H,16,18,20-21H2,(H2,34,35)(H,36,40)(H,38,39)/t29-,33+/m0/s1. The van der Waals surface area contributed by atoms with E-state index < -0.39 is 11.6 Å². The fourth-order valence-electron chi connectivity index (χ4n) is 5.73. The number of rotatable bonds is 8. The van der Waals surface area contributed by atoms with Crippen molar-refractivity contribution < 1.29 is 14.3 Å². The number of fused-ring (bicyclic) bond motifs is 2. The normalized spacial score (nSPS) is 18.3. The van der Waals surface area contributed by atoms with Gasteiger partial charge in [0, 0.05) is 24.0 Å². The first-order valence-electron chi connectivity index (χ1n) is 13.7. The molecule has 6 rings (SSSR count). The zero-order valence-corrected chi connectivity index (χ0v) is 22.5. The highest BCUT2D eigenvalue weighted by atomic mass is 16.5. The van der Waals surface area contributed by atoms with E-state index in [0.717, 1.165) is 32.7 Å². The fourth-order valence-corrected chi connectivity index (χ4v) is 5.73. The highest BCUT2D eigenvalue weighted by molar-refractivity contribution is 5.95. The van der Waals surface area contributed by atoms with Gasteiger partial charge in [0.1, 0.15) is 11.6 Å². The molecule has 1 fully saturated rings. The lowest BCUT2D eigenvalue weighted by molar-refractivity contribution is -0.136. The predicted molar refractivity (Wildman–Crippen MR) is 160 cm³/mol. The molecule has 41 heavy (non-hydrogen) atoms. The Morgan fingerprint density at radius 3 is 2.61 bits per heavy atom. The van der Waals surface area contributed by atoms with Crippen LogP contribution in [0.3, 0.4) is 0 Å². The second-order valence-corrected chi connectivity index (χ2v) is 10.2. The molecular formula is C33H31N5O3. The van der Waals surface area contributed by atoms with Gasteiger partial charge in [-0.1, -0.05) is 72.8 Å². The first-order chi connectivity index (χ1) is 20.0. The summed E-state index contributed by atoms with van der Waals surface area (Å²) in [6, 6.07) is 31.0. The number of nitrogen functional groups attached to an aromatic ring is 1. The maximum Gasteiger partial charge on any atom is 0.261 e. The SMILES string of the molecule is Nc1nccc2cc(CNC(=O)[C@@]3(NC(=O)COc4ccccc4)NCC[C@H]3c3cccc4ccccc34)ccc12. The van der Waals surface area contributed by atoms with Gasteiger partial charge in [-0.05, 0) is 64.5 Å². The molecule has 1 aliphatic rings. The van der Waals surface area contributed by atoms with Crippen LogP contribution in [0.25, 0.3) is 21.5 Å². The third-order valence-corrected chi connectivity index (χ3v) is 7.68. The topological polar surface area (TPSA) is 118 Å². The van der Waals surface area contributed by atoms with Gasteiger partial charge in [0.25, 0.3) is 11.8 Å². The number of hydrogen-bond donors (Lipinski definition) is 4. The number of ether oxygens (including phenoxy) is 1. The average molecular weight is 546 g/mol. The third kappa shape index (κ3) is 5.29. The van der Waals surface area contributed by atoms with Crippen LogP contribution in [0.5, 0.6) is 5.75 Å². The zero-order valence-electron chi connectivity index (χ0n) is 22.5. The van der Waals surface area contributed by atoms with Crippen molar-refractivity contribution in [1.29, 1.82) is 0 Å². The van der Waals surface area contributed by atoms with Gasteiger partial charge in [-0.3, -0.25) is 14.9 Å². The number of nitrogens with one attached hydrogen (secondary N) is 3. The van der Waals surface area contributed by atoms with Gasteiger partial charge in [-0.2, -0.15) is 0 Å². The van der Waals surface area contributed by atoms with Crippen molar-refractivity contribution in [1.82, 2.24) is 20.9 Å². The molecule has 0 aliphatic carbocycles. The Bertz CT molecular complexity index is 1720. The number of aromatic nitrogens is 1. The molecule has 206 valence electrons. The highest BCUT2D eigenvalue weighted by Crippen LogP contribution is 2.38. The maximum absolute atomic E-state index is 14.1. The van der Waals surface area contributed by atoms with Crippen molar-refractivity contribution in [3.8, 4) is 5.75 Å². The van der Waals surface area contributed by atoms with E-state index in [1.54, 1.807) is 18.3 Å². The maximum atomic E-state index is 14.1. The van der Waals surface area contributed by atoms with Crippen LogP contribution >= 0.6 is 0 Å². The van der Waals surface area contributed by atoms with E-state index in [9.17, 15) is 9.59 Å². The van der Waals surface area contributed by atoms with Gasteiger partial charge in [0.15, 0.2) is 12.3 Å². The lowest BCUT2D eigenvalue weighted by atomic mass is 9.83. The number of benzene rings is 4. The lowest BCUT2D eigenvalue weighted by Crippen LogP contribution is -2.67. The largest absolute Gasteiger partial charge is 0.484 e. The first kappa shape index (κ1) is 26.3. The molecule has 0 bridgehead atoms. The predicted octanol–water partition coefficient (Wildman–Crippen LogP) is 4.26. The van der Waals surface area contributed by atoms with Gasteiger partial charge < -0.3 is 21.1 Å². The molecule has 2 atom stereocenters. The van der Waals surface area contributed by atoms with E-state index in [1.807, 2.05) is 66.7 Å². The molecule has 0 spiro atoms. The number of para-hydroxylation sites is 1. The number of pyridine rings is 1. The molecular weight excluding hydrogens is 514 g/mol. The molecule has 0 unspecified atom stereocenters. The van der Waals surface area contributed by atoms with Crippen LogP contribution in [0, 0.1) is 0 Å². The number of amides is 2. The Balaban J connectivity index is 1.29. The quantitative estimate of drug-likeness (QED) is 0.232. The van der Waals surface area contributed by atoms with Crippen LogP contribution in [0.15, 0.2) is 103 Å². The smallest absolute Gasteiger partial charge is 0.261 e. The number of anilines is 1.